The molecule has 3 heteroatoms. The summed E-state index contributed by atoms with van der Waals surface area (Å²) in [7, 11) is 0. The molecule has 3 nitrogen and oxygen atoms in total. The molecular weight excluding hydrogens is 342 g/mol. The summed E-state index contributed by atoms with van der Waals surface area (Å²) in [5.41, 5.74) is 2.49. The number of benzene rings is 1. The van der Waals surface area contributed by atoms with Gasteiger partial charge in [-0.05, 0) is 68.9 Å². The zero-order chi connectivity index (χ0) is 18.5. The van der Waals surface area contributed by atoms with E-state index in [4.69, 9.17) is 4.98 Å². The zero-order valence-electron chi connectivity index (χ0n) is 17.2. The molecule has 28 heavy (non-hydrogen) atoms. The summed E-state index contributed by atoms with van der Waals surface area (Å²) in [4.78, 5) is 7.77. The fourth-order valence-corrected chi connectivity index (χ4v) is 7.59. The van der Waals surface area contributed by atoms with Gasteiger partial charge in [0.1, 0.15) is 0 Å². The van der Waals surface area contributed by atoms with Crippen molar-refractivity contribution in [1.82, 2.24) is 14.5 Å². The van der Waals surface area contributed by atoms with Crippen LogP contribution in [0, 0.1) is 11.8 Å². The standard InChI is InChI=1S/C25H35N3/c1-2-7-19-12-18(6-1)13-23(14-19)28-20-8-5-9-21(28)16-22(15-20)27-17-26-24-10-3-4-11-25(24)27/h3-4,10-11,17-23H,1-2,5-9,12-16H2/t18-,19+,20-,21+,22?,23?. The first-order valence-corrected chi connectivity index (χ1v) is 12.0. The van der Waals surface area contributed by atoms with Crippen LogP contribution in [0.5, 0.6) is 0 Å². The van der Waals surface area contributed by atoms with Crippen molar-refractivity contribution in [3.05, 3.63) is 30.6 Å². The van der Waals surface area contributed by atoms with Crippen molar-refractivity contribution < 1.29 is 0 Å². The van der Waals surface area contributed by atoms with Crippen LogP contribution in [-0.2, 0) is 0 Å². The van der Waals surface area contributed by atoms with Crippen molar-refractivity contribution in [2.24, 2.45) is 11.8 Å². The number of rotatable bonds is 2. The topological polar surface area (TPSA) is 21.1 Å². The van der Waals surface area contributed by atoms with E-state index in [0.717, 1.165) is 35.5 Å². The van der Waals surface area contributed by atoms with Gasteiger partial charge in [0.25, 0.3) is 0 Å². The molecule has 2 saturated carbocycles. The average Bonchev–Trinajstić information content (AvgIpc) is 3.06. The predicted octanol–water partition coefficient (Wildman–Crippen LogP) is 5.95. The normalized spacial score (nSPS) is 39.0. The second-order valence-electron chi connectivity index (χ2n) is 10.3. The SMILES string of the molecule is c1ccc2c(c1)ncn2C1C[C@H]2CCC[C@@H](C1)N2C1C[C@H]2CCCC[C@@H](C1)C2. The van der Waals surface area contributed by atoms with E-state index in [0.29, 0.717) is 6.04 Å². The monoisotopic (exact) mass is 377 g/mol. The van der Waals surface area contributed by atoms with Crippen LogP contribution in [0.2, 0.25) is 0 Å². The second-order valence-corrected chi connectivity index (χ2v) is 10.3. The third kappa shape index (κ3) is 3.01. The third-order valence-corrected chi connectivity index (χ3v) is 8.65. The largest absolute Gasteiger partial charge is 0.327 e. The minimum atomic E-state index is 0.643. The van der Waals surface area contributed by atoms with E-state index >= 15 is 0 Å². The van der Waals surface area contributed by atoms with Crippen LogP contribution in [0.3, 0.4) is 0 Å². The van der Waals surface area contributed by atoms with Gasteiger partial charge >= 0.3 is 0 Å². The molecular formula is C25H35N3. The summed E-state index contributed by atoms with van der Waals surface area (Å²) in [6.07, 6.45) is 19.7. The van der Waals surface area contributed by atoms with Gasteiger partial charge in [-0.25, -0.2) is 4.98 Å². The Morgan fingerprint density at radius 2 is 1.39 bits per heavy atom. The highest BCUT2D eigenvalue weighted by Crippen LogP contribution is 2.47. The first-order chi connectivity index (χ1) is 13.8. The maximum Gasteiger partial charge on any atom is 0.0960 e. The van der Waals surface area contributed by atoms with E-state index in [1.807, 2.05) is 0 Å². The van der Waals surface area contributed by atoms with Crippen LogP contribution in [-0.4, -0.2) is 32.6 Å². The van der Waals surface area contributed by atoms with Crippen molar-refractivity contribution in [3.63, 3.8) is 0 Å². The highest BCUT2D eigenvalue weighted by atomic mass is 15.3. The molecule has 2 aromatic rings. The molecule has 0 radical (unpaired) electrons. The maximum atomic E-state index is 4.69. The number of imidazole rings is 1. The van der Waals surface area contributed by atoms with Crippen LogP contribution in [0.4, 0.5) is 0 Å². The highest BCUT2D eigenvalue weighted by Gasteiger charge is 2.44. The Balaban J connectivity index is 1.25. The molecule has 4 aliphatic rings. The molecule has 0 N–H and O–H groups in total. The lowest BCUT2D eigenvalue weighted by Crippen LogP contribution is -2.57. The third-order valence-electron chi connectivity index (χ3n) is 8.65. The number of nitrogens with zero attached hydrogens (tertiary/aromatic N) is 3. The zero-order valence-corrected chi connectivity index (χ0v) is 17.2. The Morgan fingerprint density at radius 3 is 2.14 bits per heavy atom. The lowest BCUT2D eigenvalue weighted by atomic mass is 9.73. The molecule has 1 aromatic heterocycles. The van der Waals surface area contributed by atoms with Gasteiger partial charge in [0, 0.05) is 24.2 Å². The quantitative estimate of drug-likeness (QED) is 0.644. The number of para-hydroxylation sites is 2. The Bertz CT molecular complexity index is 798. The first-order valence-electron chi connectivity index (χ1n) is 12.0. The highest BCUT2D eigenvalue weighted by molar-refractivity contribution is 5.75. The van der Waals surface area contributed by atoms with E-state index in [2.05, 4.69) is 40.1 Å². The molecule has 3 heterocycles. The number of fused-ring (bicyclic) bond motifs is 5. The Morgan fingerprint density at radius 1 is 0.679 bits per heavy atom. The predicted molar refractivity (Wildman–Crippen MR) is 114 cm³/mol. The fraction of sp³-hybridized carbons (Fsp3) is 0.720. The molecule has 6 rings (SSSR count). The van der Waals surface area contributed by atoms with Crippen molar-refractivity contribution in [3.8, 4) is 0 Å². The smallest absolute Gasteiger partial charge is 0.0960 e. The second kappa shape index (κ2) is 7.16. The molecule has 0 amide bonds. The molecule has 4 fully saturated rings. The van der Waals surface area contributed by atoms with Gasteiger partial charge in [0.05, 0.1) is 17.4 Å². The summed E-state index contributed by atoms with van der Waals surface area (Å²) in [6.45, 7) is 0. The van der Waals surface area contributed by atoms with E-state index in [-0.39, 0.29) is 0 Å². The summed E-state index contributed by atoms with van der Waals surface area (Å²) in [6, 6.07) is 11.8. The molecule has 2 saturated heterocycles. The molecule has 2 unspecified atom stereocenters. The van der Waals surface area contributed by atoms with Gasteiger partial charge in [-0.2, -0.15) is 0 Å². The number of hydrogen-bond donors (Lipinski definition) is 0. The summed E-state index contributed by atoms with van der Waals surface area (Å²) in [5, 5.41) is 0. The van der Waals surface area contributed by atoms with Gasteiger partial charge in [0.2, 0.25) is 0 Å². The van der Waals surface area contributed by atoms with E-state index in [9.17, 15) is 0 Å². The van der Waals surface area contributed by atoms with Gasteiger partial charge < -0.3 is 4.57 Å². The number of piperidine rings is 2. The average molecular weight is 378 g/mol. The minimum absolute atomic E-state index is 0.643. The van der Waals surface area contributed by atoms with Crippen LogP contribution >= 0.6 is 0 Å². The maximum absolute atomic E-state index is 4.69. The van der Waals surface area contributed by atoms with Crippen molar-refractivity contribution in [2.75, 3.05) is 0 Å². The van der Waals surface area contributed by atoms with E-state index in [1.165, 1.54) is 76.1 Å². The Labute approximate surface area is 169 Å². The molecule has 150 valence electrons. The number of hydrogen-bond acceptors (Lipinski definition) is 2. The Hall–Kier alpha value is -1.35. The number of aromatic nitrogens is 2. The van der Waals surface area contributed by atoms with Gasteiger partial charge in [-0.1, -0.05) is 44.2 Å². The summed E-state index contributed by atoms with van der Waals surface area (Å²) < 4.78 is 2.51. The summed E-state index contributed by atoms with van der Waals surface area (Å²) >= 11 is 0. The Kier molecular flexibility index (Phi) is 4.48. The molecule has 6 atom stereocenters. The van der Waals surface area contributed by atoms with Gasteiger partial charge in [-0.3, -0.25) is 4.90 Å². The van der Waals surface area contributed by atoms with Crippen LogP contribution in [0.1, 0.15) is 83.1 Å². The lowest BCUT2D eigenvalue weighted by Gasteiger charge is -2.54. The minimum Gasteiger partial charge on any atom is -0.327 e. The first kappa shape index (κ1) is 17.5. The van der Waals surface area contributed by atoms with Crippen molar-refractivity contribution in [1.29, 1.82) is 0 Å². The summed E-state index contributed by atoms with van der Waals surface area (Å²) in [5.74, 6) is 2.06. The molecule has 1 aromatic carbocycles. The molecule has 0 spiro atoms. The van der Waals surface area contributed by atoms with Crippen molar-refractivity contribution >= 4 is 11.0 Å². The van der Waals surface area contributed by atoms with Gasteiger partial charge in [-0.15, -0.1) is 0 Å². The van der Waals surface area contributed by atoms with Crippen molar-refractivity contribution in [2.45, 2.75) is 101 Å². The fourth-order valence-electron chi connectivity index (χ4n) is 7.59. The lowest BCUT2D eigenvalue weighted by molar-refractivity contribution is -0.0417. The van der Waals surface area contributed by atoms with Crippen LogP contribution in [0.15, 0.2) is 30.6 Å². The van der Waals surface area contributed by atoms with Gasteiger partial charge in [0.15, 0.2) is 0 Å². The molecule has 2 aliphatic heterocycles. The molecule has 2 aliphatic carbocycles. The van der Waals surface area contributed by atoms with E-state index < -0.39 is 0 Å². The van der Waals surface area contributed by atoms with Crippen LogP contribution in [0.25, 0.3) is 11.0 Å². The van der Waals surface area contributed by atoms with Crippen LogP contribution < -0.4 is 0 Å². The molecule has 4 bridgehead atoms. The van der Waals surface area contributed by atoms with E-state index in [1.54, 1.807) is 6.42 Å².